The van der Waals surface area contributed by atoms with Gasteiger partial charge in [0.25, 0.3) is 0 Å². The number of nitrogens with one attached hydrogen (secondary N) is 1. The molecule has 0 spiro atoms. The number of hydrogen-bond acceptors (Lipinski definition) is 3. The lowest BCUT2D eigenvalue weighted by Gasteiger charge is -2.20. The smallest absolute Gasteiger partial charge is 0.326 e. The predicted octanol–water partition coefficient (Wildman–Crippen LogP) is 1.56. The van der Waals surface area contributed by atoms with Crippen LogP contribution in [0.4, 0.5) is 0 Å². The summed E-state index contributed by atoms with van der Waals surface area (Å²) in [5.41, 5.74) is 0. The van der Waals surface area contributed by atoms with Gasteiger partial charge in [-0.1, -0.05) is 33.1 Å². The van der Waals surface area contributed by atoms with Crippen molar-refractivity contribution in [1.29, 1.82) is 0 Å². The van der Waals surface area contributed by atoms with Crippen molar-refractivity contribution >= 4 is 11.9 Å². The number of carbonyl (C=O) groups excluding carboxylic acids is 1. The molecule has 1 aliphatic rings. The molecule has 0 aliphatic heterocycles. The number of carboxylic acids is 1. The van der Waals surface area contributed by atoms with Crippen LogP contribution in [0.15, 0.2) is 0 Å². The molecule has 0 unspecified atom stereocenters. The van der Waals surface area contributed by atoms with E-state index < -0.39 is 12.0 Å². The van der Waals surface area contributed by atoms with E-state index in [2.05, 4.69) is 5.32 Å². The Morgan fingerprint density at radius 3 is 2.50 bits per heavy atom. The van der Waals surface area contributed by atoms with Crippen LogP contribution in [-0.2, 0) is 14.3 Å². The molecule has 1 amide bonds. The lowest BCUT2D eigenvalue weighted by Crippen LogP contribution is -2.46. The van der Waals surface area contributed by atoms with E-state index in [1.807, 2.05) is 13.8 Å². The summed E-state index contributed by atoms with van der Waals surface area (Å²) >= 11 is 0. The van der Waals surface area contributed by atoms with Crippen LogP contribution in [0.25, 0.3) is 0 Å². The van der Waals surface area contributed by atoms with Crippen molar-refractivity contribution in [2.24, 2.45) is 5.92 Å². The van der Waals surface area contributed by atoms with Gasteiger partial charge in [0.05, 0.1) is 6.10 Å². The molecule has 18 heavy (non-hydrogen) atoms. The van der Waals surface area contributed by atoms with Crippen molar-refractivity contribution in [3.8, 4) is 0 Å². The molecule has 0 heterocycles. The van der Waals surface area contributed by atoms with E-state index in [1.54, 1.807) is 0 Å². The van der Waals surface area contributed by atoms with E-state index in [4.69, 9.17) is 9.84 Å². The first kappa shape index (κ1) is 15.0. The average Bonchev–Trinajstić information content (AvgIpc) is 2.85. The summed E-state index contributed by atoms with van der Waals surface area (Å²) in [6.45, 7) is 3.68. The number of carbonyl (C=O) groups is 2. The predicted molar refractivity (Wildman–Crippen MR) is 67.2 cm³/mol. The Hall–Kier alpha value is -1.10. The maximum absolute atomic E-state index is 11.6. The molecule has 2 N–H and O–H groups in total. The molecule has 1 saturated carbocycles. The number of amides is 1. The number of hydrogen-bond donors (Lipinski definition) is 2. The lowest BCUT2D eigenvalue weighted by molar-refractivity contribution is -0.144. The van der Waals surface area contributed by atoms with Crippen molar-refractivity contribution in [3.63, 3.8) is 0 Å². The number of ether oxygens (including phenoxy) is 1. The minimum Gasteiger partial charge on any atom is -0.480 e. The van der Waals surface area contributed by atoms with Crippen LogP contribution < -0.4 is 5.32 Å². The Bertz CT molecular complexity index is 287. The van der Waals surface area contributed by atoms with Crippen LogP contribution >= 0.6 is 0 Å². The summed E-state index contributed by atoms with van der Waals surface area (Å²) in [5.74, 6) is -1.41. The molecule has 0 saturated heterocycles. The highest BCUT2D eigenvalue weighted by molar-refractivity contribution is 5.84. The number of aliphatic carboxylic acids is 1. The van der Waals surface area contributed by atoms with E-state index in [9.17, 15) is 9.59 Å². The monoisotopic (exact) mass is 257 g/mol. The Morgan fingerprint density at radius 1 is 1.39 bits per heavy atom. The fraction of sp³-hybridized carbons (Fsp3) is 0.846. The highest BCUT2D eigenvalue weighted by Crippen LogP contribution is 2.20. The molecule has 0 radical (unpaired) electrons. The fourth-order valence-corrected chi connectivity index (χ4v) is 2.15. The molecule has 2 atom stereocenters. The Balaban J connectivity index is 2.33. The highest BCUT2D eigenvalue weighted by Gasteiger charge is 2.25. The third-order valence-electron chi connectivity index (χ3n) is 3.55. The lowest BCUT2D eigenvalue weighted by atomic mass is 9.99. The molecule has 5 nitrogen and oxygen atoms in total. The van der Waals surface area contributed by atoms with Gasteiger partial charge < -0.3 is 15.2 Å². The normalized spacial score (nSPS) is 19.4. The average molecular weight is 257 g/mol. The number of rotatable bonds is 7. The van der Waals surface area contributed by atoms with Crippen molar-refractivity contribution < 1.29 is 19.4 Å². The van der Waals surface area contributed by atoms with Gasteiger partial charge in [-0.2, -0.15) is 0 Å². The third kappa shape index (κ3) is 4.64. The molecule has 104 valence electrons. The summed E-state index contributed by atoms with van der Waals surface area (Å²) < 4.78 is 5.45. The van der Waals surface area contributed by atoms with Crippen molar-refractivity contribution in [1.82, 2.24) is 5.32 Å². The topological polar surface area (TPSA) is 75.6 Å². The fourth-order valence-electron chi connectivity index (χ4n) is 2.15. The van der Waals surface area contributed by atoms with Crippen LogP contribution in [0.3, 0.4) is 0 Å². The van der Waals surface area contributed by atoms with Crippen molar-refractivity contribution in [2.45, 2.75) is 58.1 Å². The summed E-state index contributed by atoms with van der Waals surface area (Å²) in [5, 5.41) is 11.6. The zero-order valence-corrected chi connectivity index (χ0v) is 11.1. The van der Waals surface area contributed by atoms with Gasteiger partial charge in [0.15, 0.2) is 0 Å². The molecule has 0 bridgehead atoms. The molecule has 0 aromatic rings. The van der Waals surface area contributed by atoms with Gasteiger partial charge in [0.1, 0.15) is 12.6 Å². The summed E-state index contributed by atoms with van der Waals surface area (Å²) in [6, 6.07) is -0.824. The third-order valence-corrected chi connectivity index (χ3v) is 3.55. The quantitative estimate of drug-likeness (QED) is 0.725. The van der Waals surface area contributed by atoms with Crippen LogP contribution in [0.2, 0.25) is 0 Å². The van der Waals surface area contributed by atoms with Gasteiger partial charge in [0.2, 0.25) is 5.91 Å². The molecule has 1 aliphatic carbocycles. The molecular weight excluding hydrogens is 234 g/mol. The molecule has 1 fully saturated rings. The van der Waals surface area contributed by atoms with Crippen LogP contribution in [-0.4, -0.2) is 35.7 Å². The number of carboxylic acid groups (broad SMARTS) is 1. The zero-order chi connectivity index (χ0) is 13.5. The Morgan fingerprint density at radius 2 is 2.00 bits per heavy atom. The molecule has 1 rings (SSSR count). The minimum absolute atomic E-state index is 0.0368. The van der Waals surface area contributed by atoms with Crippen molar-refractivity contribution in [2.75, 3.05) is 6.61 Å². The standard InChI is InChI=1S/C13H23NO4/c1-3-9(2)12(13(16)17)14-11(15)8-18-10-6-4-5-7-10/h9-10,12H,3-8H2,1-2H3,(H,14,15)(H,16,17)/t9-,12-/m0/s1. The van der Waals surface area contributed by atoms with Crippen LogP contribution in [0.5, 0.6) is 0 Å². The van der Waals surface area contributed by atoms with Gasteiger partial charge in [-0.3, -0.25) is 4.79 Å². The minimum atomic E-state index is -0.987. The largest absolute Gasteiger partial charge is 0.480 e. The van der Waals surface area contributed by atoms with E-state index in [0.717, 1.165) is 25.7 Å². The summed E-state index contributed by atoms with van der Waals surface area (Å²) in [4.78, 5) is 22.7. The van der Waals surface area contributed by atoms with Gasteiger partial charge in [-0.05, 0) is 18.8 Å². The van der Waals surface area contributed by atoms with E-state index >= 15 is 0 Å². The molecule has 0 aromatic carbocycles. The van der Waals surface area contributed by atoms with Gasteiger partial charge in [0, 0.05) is 0 Å². The Kier molecular flexibility index (Phi) is 6.12. The highest BCUT2D eigenvalue weighted by atomic mass is 16.5. The summed E-state index contributed by atoms with van der Waals surface area (Å²) in [6.07, 6.45) is 5.18. The second-order valence-corrected chi connectivity index (χ2v) is 4.99. The van der Waals surface area contributed by atoms with Gasteiger partial charge in [-0.15, -0.1) is 0 Å². The Labute approximate surface area is 108 Å². The molecule has 0 aromatic heterocycles. The van der Waals surface area contributed by atoms with Crippen LogP contribution in [0.1, 0.15) is 46.0 Å². The SMILES string of the molecule is CC[C@H](C)[C@H](NC(=O)COC1CCCC1)C(=O)O. The van der Waals surface area contributed by atoms with Gasteiger partial charge in [-0.25, -0.2) is 4.79 Å². The molecule has 5 heteroatoms. The first-order chi connectivity index (χ1) is 8.54. The van der Waals surface area contributed by atoms with E-state index in [1.165, 1.54) is 0 Å². The first-order valence-corrected chi connectivity index (χ1v) is 6.68. The van der Waals surface area contributed by atoms with E-state index in [0.29, 0.717) is 6.42 Å². The van der Waals surface area contributed by atoms with E-state index in [-0.39, 0.29) is 24.5 Å². The second kappa shape index (κ2) is 7.36. The summed E-state index contributed by atoms with van der Waals surface area (Å²) in [7, 11) is 0. The molecular formula is C13H23NO4. The van der Waals surface area contributed by atoms with Crippen LogP contribution in [0, 0.1) is 5.92 Å². The van der Waals surface area contributed by atoms with Gasteiger partial charge >= 0.3 is 5.97 Å². The van der Waals surface area contributed by atoms with Crippen molar-refractivity contribution in [3.05, 3.63) is 0 Å². The maximum Gasteiger partial charge on any atom is 0.326 e. The second-order valence-electron chi connectivity index (χ2n) is 4.99. The zero-order valence-electron chi connectivity index (χ0n) is 11.1. The first-order valence-electron chi connectivity index (χ1n) is 6.68. The maximum atomic E-state index is 11.6.